The zero-order valence-electron chi connectivity index (χ0n) is 10.9. The number of nitrogens with two attached hydrogens (primary N) is 1. The van der Waals surface area contributed by atoms with Crippen molar-refractivity contribution in [1.82, 2.24) is 0 Å². The van der Waals surface area contributed by atoms with Gasteiger partial charge in [-0.1, -0.05) is 42.5 Å². The summed E-state index contributed by atoms with van der Waals surface area (Å²) in [6.45, 7) is 0. The van der Waals surface area contributed by atoms with Crippen LogP contribution in [0.1, 0.15) is 5.56 Å². The first-order valence-corrected chi connectivity index (χ1v) is 6.68. The Morgan fingerprint density at radius 1 is 1.10 bits per heavy atom. The molecule has 0 atom stereocenters. The standard InChI is InChI=1S/C16H11FN2OS/c17-12-6-2-3-7-13(12)19-16-11(15(18)21)9-10-5-1-4-8-14(10)20-16/h1-9H,(H2,18,21). The van der Waals surface area contributed by atoms with Gasteiger partial charge >= 0.3 is 0 Å². The quantitative estimate of drug-likeness (QED) is 0.737. The molecule has 0 saturated carbocycles. The second-order valence-electron chi connectivity index (χ2n) is 4.43. The van der Waals surface area contributed by atoms with Gasteiger partial charge in [-0.2, -0.15) is 0 Å². The van der Waals surface area contributed by atoms with Crippen LogP contribution in [0, 0.1) is 5.82 Å². The molecule has 3 nitrogen and oxygen atoms in total. The van der Waals surface area contributed by atoms with Crippen molar-refractivity contribution in [2.24, 2.45) is 10.7 Å². The second kappa shape index (κ2) is 5.46. The van der Waals surface area contributed by atoms with Crippen LogP contribution in [0.4, 0.5) is 10.1 Å². The lowest BCUT2D eigenvalue weighted by Crippen LogP contribution is -2.20. The fraction of sp³-hybridized carbons (Fsp3) is 0. The number of hydrogen-bond donors (Lipinski definition) is 1. The summed E-state index contributed by atoms with van der Waals surface area (Å²) in [5.74, 6) is -0.435. The summed E-state index contributed by atoms with van der Waals surface area (Å²) in [7, 11) is 0. The summed E-state index contributed by atoms with van der Waals surface area (Å²) < 4.78 is 19.4. The molecule has 0 aliphatic carbocycles. The van der Waals surface area contributed by atoms with Crippen molar-refractivity contribution in [3.8, 4) is 0 Å². The van der Waals surface area contributed by atoms with Crippen molar-refractivity contribution in [2.45, 2.75) is 0 Å². The molecule has 0 saturated heterocycles. The van der Waals surface area contributed by atoms with Gasteiger partial charge in [-0.15, -0.1) is 0 Å². The molecule has 3 rings (SSSR count). The van der Waals surface area contributed by atoms with E-state index in [9.17, 15) is 4.39 Å². The number of para-hydroxylation sites is 2. The van der Waals surface area contributed by atoms with E-state index < -0.39 is 5.82 Å². The third kappa shape index (κ3) is 2.68. The van der Waals surface area contributed by atoms with Crippen molar-refractivity contribution in [3.63, 3.8) is 0 Å². The van der Waals surface area contributed by atoms with E-state index in [1.54, 1.807) is 30.3 Å². The Labute approximate surface area is 125 Å². The lowest BCUT2D eigenvalue weighted by atomic mass is 10.2. The summed E-state index contributed by atoms with van der Waals surface area (Å²) >= 11 is 5.03. The summed E-state index contributed by atoms with van der Waals surface area (Å²) in [6.07, 6.45) is 0. The molecule has 104 valence electrons. The van der Waals surface area contributed by atoms with Crippen molar-refractivity contribution in [3.05, 3.63) is 71.5 Å². The Morgan fingerprint density at radius 3 is 2.57 bits per heavy atom. The molecule has 2 N–H and O–H groups in total. The molecule has 0 amide bonds. The maximum atomic E-state index is 13.7. The Balaban J connectivity index is 2.32. The summed E-state index contributed by atoms with van der Waals surface area (Å²) in [5.41, 5.74) is 7.20. The minimum atomic E-state index is -0.435. The Morgan fingerprint density at radius 2 is 1.81 bits per heavy atom. The number of rotatable bonds is 2. The van der Waals surface area contributed by atoms with Gasteiger partial charge in [0.2, 0.25) is 5.55 Å². The van der Waals surface area contributed by atoms with E-state index in [2.05, 4.69) is 4.99 Å². The smallest absolute Gasteiger partial charge is 0.230 e. The molecule has 5 heteroatoms. The van der Waals surface area contributed by atoms with Crippen LogP contribution in [-0.4, -0.2) is 4.99 Å². The summed E-state index contributed by atoms with van der Waals surface area (Å²) in [5, 5.41) is 0.854. The van der Waals surface area contributed by atoms with Crippen LogP contribution < -0.4 is 11.3 Å². The Kier molecular flexibility index (Phi) is 3.50. The topological polar surface area (TPSA) is 51.5 Å². The van der Waals surface area contributed by atoms with E-state index in [1.165, 1.54) is 6.07 Å². The van der Waals surface area contributed by atoms with Crippen LogP contribution in [0.15, 0.2) is 64.0 Å². The third-order valence-corrected chi connectivity index (χ3v) is 3.22. The number of benzene rings is 2. The molecule has 21 heavy (non-hydrogen) atoms. The highest BCUT2D eigenvalue weighted by atomic mass is 32.1. The number of nitrogens with zero attached hydrogens (tertiary/aromatic N) is 1. The molecule has 1 heterocycles. The predicted octanol–water partition coefficient (Wildman–Crippen LogP) is 3.44. The summed E-state index contributed by atoms with van der Waals surface area (Å²) in [4.78, 5) is 4.36. The molecule has 0 aliphatic rings. The highest BCUT2D eigenvalue weighted by molar-refractivity contribution is 7.80. The fourth-order valence-electron chi connectivity index (χ4n) is 1.98. The van der Waals surface area contributed by atoms with Crippen molar-refractivity contribution in [1.29, 1.82) is 0 Å². The number of hydrogen-bond acceptors (Lipinski definition) is 3. The van der Waals surface area contributed by atoms with Gasteiger partial charge in [-0.05, 0) is 24.3 Å². The first-order valence-electron chi connectivity index (χ1n) is 6.27. The molecule has 0 aliphatic heterocycles. The fourth-order valence-corrected chi connectivity index (χ4v) is 2.13. The Bertz CT molecular complexity index is 902. The van der Waals surface area contributed by atoms with Gasteiger partial charge in [-0.25, -0.2) is 9.38 Å². The zero-order chi connectivity index (χ0) is 14.8. The third-order valence-electron chi connectivity index (χ3n) is 3.00. The lowest BCUT2D eigenvalue weighted by Gasteiger charge is -2.03. The van der Waals surface area contributed by atoms with Gasteiger partial charge in [0.25, 0.3) is 0 Å². The molecule has 0 radical (unpaired) electrons. The highest BCUT2D eigenvalue weighted by Crippen LogP contribution is 2.17. The van der Waals surface area contributed by atoms with Crippen LogP contribution in [0.2, 0.25) is 0 Å². The molecule has 0 bridgehead atoms. The van der Waals surface area contributed by atoms with E-state index in [4.69, 9.17) is 22.4 Å². The van der Waals surface area contributed by atoms with Gasteiger partial charge < -0.3 is 10.2 Å². The maximum Gasteiger partial charge on any atom is 0.230 e. The average molecular weight is 298 g/mol. The summed E-state index contributed by atoms with van der Waals surface area (Å²) in [6, 6.07) is 15.4. The largest absolute Gasteiger partial charge is 0.438 e. The number of fused-ring (bicyclic) bond motifs is 1. The molecular weight excluding hydrogens is 287 g/mol. The van der Waals surface area contributed by atoms with E-state index >= 15 is 0 Å². The van der Waals surface area contributed by atoms with Crippen LogP contribution in [0.5, 0.6) is 0 Å². The van der Waals surface area contributed by atoms with Gasteiger partial charge in [0, 0.05) is 5.39 Å². The van der Waals surface area contributed by atoms with E-state index in [0.29, 0.717) is 11.1 Å². The second-order valence-corrected chi connectivity index (χ2v) is 4.87. The SMILES string of the molecule is NC(=S)c1cc2ccccc2oc1=Nc1ccccc1F. The molecule has 3 aromatic rings. The minimum Gasteiger partial charge on any atom is -0.438 e. The van der Waals surface area contributed by atoms with E-state index in [1.807, 2.05) is 18.2 Å². The van der Waals surface area contributed by atoms with E-state index in [0.717, 1.165) is 5.39 Å². The van der Waals surface area contributed by atoms with Crippen molar-refractivity contribution in [2.75, 3.05) is 0 Å². The molecule has 0 fully saturated rings. The van der Waals surface area contributed by atoms with Gasteiger partial charge in [0.1, 0.15) is 22.1 Å². The Hall–Kier alpha value is -2.53. The van der Waals surface area contributed by atoms with Gasteiger partial charge in [-0.3, -0.25) is 0 Å². The molecule has 1 aromatic heterocycles. The number of halogens is 1. The van der Waals surface area contributed by atoms with Gasteiger partial charge in [0.05, 0.1) is 5.56 Å². The monoisotopic (exact) mass is 298 g/mol. The number of thiocarbonyl (C=S) groups is 1. The molecule has 0 unspecified atom stereocenters. The first-order chi connectivity index (χ1) is 10.1. The predicted molar refractivity (Wildman–Crippen MR) is 83.7 cm³/mol. The average Bonchev–Trinajstić information content (AvgIpc) is 2.48. The van der Waals surface area contributed by atoms with Crippen LogP contribution in [-0.2, 0) is 0 Å². The van der Waals surface area contributed by atoms with Crippen LogP contribution in [0.3, 0.4) is 0 Å². The van der Waals surface area contributed by atoms with Crippen LogP contribution >= 0.6 is 12.2 Å². The normalized spacial score (nSPS) is 11.8. The highest BCUT2D eigenvalue weighted by Gasteiger charge is 2.07. The molecule has 0 spiro atoms. The van der Waals surface area contributed by atoms with Crippen molar-refractivity contribution >= 4 is 33.9 Å². The van der Waals surface area contributed by atoms with E-state index in [-0.39, 0.29) is 16.2 Å². The minimum absolute atomic E-state index is 0.152. The molecular formula is C16H11FN2OS. The van der Waals surface area contributed by atoms with Crippen LogP contribution in [0.25, 0.3) is 11.0 Å². The zero-order valence-corrected chi connectivity index (χ0v) is 11.7. The molecule has 2 aromatic carbocycles. The van der Waals surface area contributed by atoms with Gasteiger partial charge in [0.15, 0.2) is 0 Å². The first kappa shape index (κ1) is 13.5. The lowest BCUT2D eigenvalue weighted by molar-refractivity contribution is 0.540. The maximum absolute atomic E-state index is 13.7. The van der Waals surface area contributed by atoms with Crippen molar-refractivity contribution < 1.29 is 8.81 Å².